The van der Waals surface area contributed by atoms with Gasteiger partial charge in [0.15, 0.2) is 0 Å². The maximum Gasteiger partial charge on any atom is 0.270 e. The van der Waals surface area contributed by atoms with Crippen LogP contribution in [0.15, 0.2) is 67.0 Å². The zero-order valence-electron chi connectivity index (χ0n) is 14.2. The average Bonchev–Trinajstić information content (AvgIpc) is 2.69. The number of hydrogen-bond donors (Lipinski definition) is 2. The fourth-order valence-electron chi connectivity index (χ4n) is 2.43. The lowest BCUT2D eigenvalue weighted by atomic mass is 10.1. The highest BCUT2D eigenvalue weighted by atomic mass is 35.5. The molecule has 0 aliphatic carbocycles. The third-order valence-electron chi connectivity index (χ3n) is 3.80. The molecule has 6 heteroatoms. The van der Waals surface area contributed by atoms with Crippen LogP contribution in [-0.2, 0) is 13.0 Å². The standard InChI is InChI=1S/C20H19ClN4O/c21-16-6-4-15(5-7-16)8-11-23-17-9-12-24-19(13-17)20(26)25-14-18-3-1-2-10-22-18/h1-7,9-10,12-13H,8,11,14H2,(H,23,24)(H,25,26). The second kappa shape index (κ2) is 8.97. The molecule has 1 amide bonds. The van der Waals surface area contributed by atoms with Crippen molar-refractivity contribution in [2.75, 3.05) is 11.9 Å². The molecule has 0 radical (unpaired) electrons. The highest BCUT2D eigenvalue weighted by Crippen LogP contribution is 2.11. The number of carbonyl (C=O) groups is 1. The summed E-state index contributed by atoms with van der Waals surface area (Å²) < 4.78 is 0. The van der Waals surface area contributed by atoms with Crippen molar-refractivity contribution in [2.24, 2.45) is 0 Å². The second-order valence-electron chi connectivity index (χ2n) is 5.74. The van der Waals surface area contributed by atoms with Gasteiger partial charge in [-0.3, -0.25) is 14.8 Å². The molecule has 0 aliphatic rings. The van der Waals surface area contributed by atoms with Gasteiger partial charge in [-0.1, -0.05) is 29.8 Å². The number of pyridine rings is 2. The van der Waals surface area contributed by atoms with Gasteiger partial charge in [-0.05, 0) is 48.4 Å². The molecule has 0 fully saturated rings. The van der Waals surface area contributed by atoms with Crippen molar-refractivity contribution < 1.29 is 4.79 Å². The normalized spacial score (nSPS) is 10.3. The fraction of sp³-hybridized carbons (Fsp3) is 0.150. The first kappa shape index (κ1) is 17.9. The molecular weight excluding hydrogens is 348 g/mol. The number of carbonyl (C=O) groups excluding carboxylic acids is 1. The minimum Gasteiger partial charge on any atom is -0.385 e. The van der Waals surface area contributed by atoms with Gasteiger partial charge >= 0.3 is 0 Å². The molecule has 0 saturated carbocycles. The first-order valence-corrected chi connectivity index (χ1v) is 8.71. The van der Waals surface area contributed by atoms with E-state index in [-0.39, 0.29) is 5.91 Å². The lowest BCUT2D eigenvalue weighted by molar-refractivity contribution is 0.0945. The van der Waals surface area contributed by atoms with E-state index < -0.39 is 0 Å². The molecule has 0 unspecified atom stereocenters. The Hall–Kier alpha value is -2.92. The number of anilines is 1. The molecule has 5 nitrogen and oxygen atoms in total. The number of benzene rings is 1. The molecule has 3 rings (SSSR count). The largest absolute Gasteiger partial charge is 0.385 e. The Labute approximate surface area is 157 Å². The number of hydrogen-bond acceptors (Lipinski definition) is 4. The van der Waals surface area contributed by atoms with Gasteiger partial charge in [-0.25, -0.2) is 0 Å². The summed E-state index contributed by atoms with van der Waals surface area (Å²) >= 11 is 5.89. The molecule has 2 N–H and O–H groups in total. The van der Waals surface area contributed by atoms with Crippen LogP contribution in [0.2, 0.25) is 5.02 Å². The molecule has 0 bridgehead atoms. The summed E-state index contributed by atoms with van der Waals surface area (Å²) in [6, 6.07) is 17.0. The van der Waals surface area contributed by atoms with Crippen LogP contribution in [0.25, 0.3) is 0 Å². The van der Waals surface area contributed by atoms with E-state index in [9.17, 15) is 4.79 Å². The number of halogens is 1. The molecule has 1 aromatic carbocycles. The molecule has 0 spiro atoms. The highest BCUT2D eigenvalue weighted by molar-refractivity contribution is 6.30. The summed E-state index contributed by atoms with van der Waals surface area (Å²) in [6.45, 7) is 1.12. The smallest absolute Gasteiger partial charge is 0.270 e. The van der Waals surface area contributed by atoms with Gasteiger partial charge < -0.3 is 10.6 Å². The number of amides is 1. The van der Waals surface area contributed by atoms with Crippen molar-refractivity contribution in [1.29, 1.82) is 0 Å². The van der Waals surface area contributed by atoms with Gasteiger partial charge in [0.1, 0.15) is 5.69 Å². The number of rotatable bonds is 7. The summed E-state index contributed by atoms with van der Waals surface area (Å²) in [4.78, 5) is 20.6. The van der Waals surface area contributed by atoms with Crippen molar-refractivity contribution in [3.05, 3.63) is 89.0 Å². The van der Waals surface area contributed by atoms with Crippen molar-refractivity contribution in [2.45, 2.75) is 13.0 Å². The van der Waals surface area contributed by atoms with Crippen LogP contribution < -0.4 is 10.6 Å². The van der Waals surface area contributed by atoms with E-state index in [2.05, 4.69) is 20.6 Å². The third kappa shape index (κ3) is 5.29. The number of aromatic nitrogens is 2. The zero-order valence-corrected chi connectivity index (χ0v) is 14.9. The van der Waals surface area contributed by atoms with Gasteiger partial charge in [0, 0.05) is 29.6 Å². The van der Waals surface area contributed by atoms with Gasteiger partial charge in [0.05, 0.1) is 12.2 Å². The minimum absolute atomic E-state index is 0.225. The van der Waals surface area contributed by atoms with Crippen LogP contribution in [0.5, 0.6) is 0 Å². The fourth-order valence-corrected chi connectivity index (χ4v) is 2.56. The molecule has 2 aromatic heterocycles. The van der Waals surface area contributed by atoms with Crippen LogP contribution in [-0.4, -0.2) is 22.4 Å². The van der Waals surface area contributed by atoms with Gasteiger partial charge in [0.2, 0.25) is 0 Å². The highest BCUT2D eigenvalue weighted by Gasteiger charge is 2.08. The van der Waals surface area contributed by atoms with E-state index >= 15 is 0 Å². The molecule has 3 aromatic rings. The SMILES string of the molecule is O=C(NCc1ccccn1)c1cc(NCCc2ccc(Cl)cc2)ccn1. The Bertz CT molecular complexity index is 853. The van der Waals surface area contributed by atoms with Gasteiger partial charge in [-0.15, -0.1) is 0 Å². The zero-order chi connectivity index (χ0) is 18.2. The lowest BCUT2D eigenvalue weighted by Crippen LogP contribution is -2.24. The van der Waals surface area contributed by atoms with Crippen molar-refractivity contribution >= 4 is 23.2 Å². The van der Waals surface area contributed by atoms with Crippen LogP contribution in [0.3, 0.4) is 0 Å². The second-order valence-corrected chi connectivity index (χ2v) is 6.17. The van der Waals surface area contributed by atoms with Crippen molar-refractivity contribution in [3.8, 4) is 0 Å². The summed E-state index contributed by atoms with van der Waals surface area (Å²) in [5.41, 5.74) is 3.23. The quantitative estimate of drug-likeness (QED) is 0.668. The Morgan fingerprint density at radius 1 is 1.00 bits per heavy atom. The maximum atomic E-state index is 12.3. The topological polar surface area (TPSA) is 66.9 Å². The van der Waals surface area contributed by atoms with E-state index in [0.717, 1.165) is 29.4 Å². The number of nitrogens with one attached hydrogen (secondary N) is 2. The van der Waals surface area contributed by atoms with Crippen LogP contribution in [0.4, 0.5) is 5.69 Å². The van der Waals surface area contributed by atoms with E-state index in [4.69, 9.17) is 11.6 Å². The van der Waals surface area contributed by atoms with Gasteiger partial charge in [0.25, 0.3) is 5.91 Å². The van der Waals surface area contributed by atoms with Crippen LogP contribution in [0.1, 0.15) is 21.7 Å². The number of nitrogens with zero attached hydrogens (tertiary/aromatic N) is 2. The first-order valence-electron chi connectivity index (χ1n) is 8.33. The van der Waals surface area contributed by atoms with E-state index in [1.807, 2.05) is 48.5 Å². The summed E-state index contributed by atoms with van der Waals surface area (Å²) in [6.07, 6.45) is 4.19. The molecular formula is C20H19ClN4O. The Balaban J connectivity index is 1.52. The first-order chi connectivity index (χ1) is 12.7. The predicted molar refractivity (Wildman–Crippen MR) is 103 cm³/mol. The van der Waals surface area contributed by atoms with Crippen LogP contribution in [0, 0.1) is 0 Å². The maximum absolute atomic E-state index is 12.3. The van der Waals surface area contributed by atoms with Gasteiger partial charge in [-0.2, -0.15) is 0 Å². The summed E-state index contributed by atoms with van der Waals surface area (Å²) in [5, 5.41) is 6.87. The Kier molecular flexibility index (Phi) is 6.17. The minimum atomic E-state index is -0.225. The monoisotopic (exact) mass is 366 g/mol. The molecule has 2 heterocycles. The summed E-state index contributed by atoms with van der Waals surface area (Å²) in [7, 11) is 0. The molecule has 132 valence electrons. The molecule has 0 atom stereocenters. The third-order valence-corrected chi connectivity index (χ3v) is 4.06. The average molecular weight is 367 g/mol. The predicted octanol–water partition coefficient (Wildman–Crippen LogP) is 3.71. The summed E-state index contributed by atoms with van der Waals surface area (Å²) in [5.74, 6) is -0.225. The van der Waals surface area contributed by atoms with E-state index in [1.165, 1.54) is 5.56 Å². The van der Waals surface area contributed by atoms with Crippen molar-refractivity contribution in [1.82, 2.24) is 15.3 Å². The molecule has 0 aliphatic heterocycles. The Morgan fingerprint density at radius 3 is 2.62 bits per heavy atom. The van der Waals surface area contributed by atoms with E-state index in [0.29, 0.717) is 12.2 Å². The Morgan fingerprint density at radius 2 is 1.85 bits per heavy atom. The van der Waals surface area contributed by atoms with E-state index in [1.54, 1.807) is 18.5 Å². The van der Waals surface area contributed by atoms with Crippen LogP contribution >= 0.6 is 11.6 Å². The molecule has 0 saturated heterocycles. The van der Waals surface area contributed by atoms with Crippen molar-refractivity contribution in [3.63, 3.8) is 0 Å². The lowest BCUT2D eigenvalue weighted by Gasteiger charge is -2.09. The molecule has 26 heavy (non-hydrogen) atoms.